The zero-order valence-corrected chi connectivity index (χ0v) is 20.6. The standard InChI is InChI=1S/C26H30BrNO2S/c1-25-11-9-18-16(17(25)7-8-21(25)30)13-20(29)22-23-19(10-12-26(18,22)2)28-24(31-23)14-3-5-15(27)6-4-14/h3-6,16-18,20,22,29H,7-13H2,1-2H3/t16-,17-,18-,20-,22-,25-,26+/m0/s1. The average molecular weight is 501 g/mol. The lowest BCUT2D eigenvalue weighted by Gasteiger charge is -2.60. The van der Waals surface area contributed by atoms with Crippen molar-refractivity contribution in [2.45, 2.75) is 70.8 Å². The van der Waals surface area contributed by atoms with Crippen LogP contribution in [-0.2, 0) is 11.2 Å². The number of aryl methyl sites for hydroxylation is 1. The number of carbonyl (C=O) groups is 1. The molecule has 1 N–H and O–H groups in total. The third-order valence-electron chi connectivity index (χ3n) is 9.60. The molecule has 1 heterocycles. The maximum absolute atomic E-state index is 12.7. The molecule has 1 aromatic heterocycles. The molecule has 164 valence electrons. The third kappa shape index (κ3) is 2.85. The summed E-state index contributed by atoms with van der Waals surface area (Å²) >= 11 is 5.32. The fourth-order valence-electron chi connectivity index (χ4n) is 8.00. The number of halogens is 1. The number of hydrogen-bond acceptors (Lipinski definition) is 4. The van der Waals surface area contributed by atoms with E-state index in [1.165, 1.54) is 10.6 Å². The Hall–Kier alpha value is -1.04. The first-order valence-corrected chi connectivity index (χ1v) is 13.4. The smallest absolute Gasteiger partial charge is 0.139 e. The van der Waals surface area contributed by atoms with Gasteiger partial charge in [0.25, 0.3) is 0 Å². The van der Waals surface area contributed by atoms with Crippen molar-refractivity contribution >= 4 is 33.0 Å². The molecular formula is C26H30BrNO2S. The predicted molar refractivity (Wildman–Crippen MR) is 127 cm³/mol. The van der Waals surface area contributed by atoms with E-state index in [0.29, 0.717) is 23.5 Å². The highest BCUT2D eigenvalue weighted by molar-refractivity contribution is 9.10. The number of thiazole rings is 1. The average Bonchev–Trinajstić information content (AvgIpc) is 3.29. The molecule has 4 aliphatic carbocycles. The zero-order valence-electron chi connectivity index (χ0n) is 18.2. The molecule has 31 heavy (non-hydrogen) atoms. The van der Waals surface area contributed by atoms with Crippen molar-refractivity contribution in [3.63, 3.8) is 0 Å². The molecule has 3 nitrogen and oxygen atoms in total. The van der Waals surface area contributed by atoms with E-state index in [1.54, 1.807) is 11.3 Å². The molecule has 0 bridgehead atoms. The fraction of sp³-hybridized carbons (Fsp3) is 0.615. The number of hydrogen-bond donors (Lipinski definition) is 1. The molecule has 1 aromatic carbocycles. The third-order valence-corrected chi connectivity index (χ3v) is 11.4. The summed E-state index contributed by atoms with van der Waals surface area (Å²) in [6, 6.07) is 8.39. The van der Waals surface area contributed by atoms with Crippen molar-refractivity contribution < 1.29 is 9.90 Å². The second kappa shape index (κ2) is 6.98. The topological polar surface area (TPSA) is 50.2 Å². The highest BCUT2D eigenvalue weighted by Gasteiger charge is 2.62. The minimum absolute atomic E-state index is 0.103. The van der Waals surface area contributed by atoms with Crippen LogP contribution in [0.5, 0.6) is 0 Å². The van der Waals surface area contributed by atoms with Crippen molar-refractivity contribution in [3.8, 4) is 10.6 Å². The number of fused-ring (bicyclic) bond motifs is 7. The van der Waals surface area contributed by atoms with Crippen LogP contribution in [0.1, 0.15) is 68.9 Å². The highest BCUT2D eigenvalue weighted by atomic mass is 79.9. The summed E-state index contributed by atoms with van der Waals surface area (Å²) in [6.07, 6.45) is 6.58. The van der Waals surface area contributed by atoms with Crippen LogP contribution in [0, 0.1) is 28.6 Å². The molecule has 4 aliphatic rings. The number of ketones is 1. The summed E-state index contributed by atoms with van der Waals surface area (Å²) in [5.74, 6) is 2.22. The van der Waals surface area contributed by atoms with Gasteiger partial charge in [0.2, 0.25) is 0 Å². The number of benzene rings is 1. The lowest BCUT2D eigenvalue weighted by Crippen LogP contribution is -2.56. The van der Waals surface area contributed by atoms with Crippen LogP contribution in [0.15, 0.2) is 28.7 Å². The summed E-state index contributed by atoms with van der Waals surface area (Å²) in [5, 5.41) is 12.6. The first-order valence-electron chi connectivity index (χ1n) is 11.8. The Morgan fingerprint density at radius 3 is 2.65 bits per heavy atom. The second-order valence-electron chi connectivity index (χ2n) is 10.9. The van der Waals surface area contributed by atoms with E-state index < -0.39 is 0 Å². The highest BCUT2D eigenvalue weighted by Crippen LogP contribution is 2.67. The SMILES string of the molecule is C[C@]12CCc3nc(-c4ccc(Br)cc4)sc3[C@@H]1[C@@H](O)C[C@@H]1[C@@H]2CC[C@]2(C)C(=O)CC[C@@H]12. The van der Waals surface area contributed by atoms with Gasteiger partial charge in [-0.3, -0.25) is 4.79 Å². The van der Waals surface area contributed by atoms with Crippen LogP contribution in [0.4, 0.5) is 0 Å². The number of nitrogens with zero attached hydrogens (tertiary/aromatic N) is 1. The molecule has 2 aromatic rings. The van der Waals surface area contributed by atoms with E-state index in [0.717, 1.165) is 60.0 Å². The van der Waals surface area contributed by atoms with E-state index in [-0.39, 0.29) is 22.9 Å². The van der Waals surface area contributed by atoms with Crippen molar-refractivity contribution in [2.75, 3.05) is 0 Å². The molecule has 3 fully saturated rings. The summed E-state index contributed by atoms with van der Waals surface area (Å²) < 4.78 is 1.08. The fourth-order valence-corrected chi connectivity index (χ4v) is 9.70. The molecule has 0 spiro atoms. The minimum Gasteiger partial charge on any atom is -0.392 e. The predicted octanol–water partition coefficient (Wildman–Crippen LogP) is 6.38. The molecule has 0 aliphatic heterocycles. The van der Waals surface area contributed by atoms with Crippen molar-refractivity contribution in [1.82, 2.24) is 4.98 Å². The Morgan fingerprint density at radius 1 is 1.10 bits per heavy atom. The van der Waals surface area contributed by atoms with Gasteiger partial charge in [0.1, 0.15) is 10.8 Å². The van der Waals surface area contributed by atoms with E-state index in [2.05, 4.69) is 54.0 Å². The molecule has 0 amide bonds. The van der Waals surface area contributed by atoms with Crippen LogP contribution in [0.25, 0.3) is 10.6 Å². The largest absolute Gasteiger partial charge is 0.392 e. The van der Waals surface area contributed by atoms with Crippen LogP contribution in [0.2, 0.25) is 0 Å². The number of carbonyl (C=O) groups excluding carboxylic acids is 1. The molecular weight excluding hydrogens is 470 g/mol. The number of Topliss-reactive ketones (excluding diaryl/α,β-unsaturated/α-hetero) is 1. The van der Waals surface area contributed by atoms with Gasteiger partial charge in [0.15, 0.2) is 0 Å². The van der Waals surface area contributed by atoms with Gasteiger partial charge < -0.3 is 5.11 Å². The zero-order chi connectivity index (χ0) is 21.5. The minimum atomic E-state index is -0.332. The van der Waals surface area contributed by atoms with E-state index in [1.807, 2.05) is 0 Å². The first-order chi connectivity index (χ1) is 14.8. The van der Waals surface area contributed by atoms with Gasteiger partial charge in [-0.05, 0) is 73.8 Å². The normalized spacial score (nSPS) is 41.3. The quantitative estimate of drug-likeness (QED) is 0.494. The number of aromatic nitrogens is 1. The molecule has 5 heteroatoms. The summed E-state index contributed by atoms with van der Waals surface area (Å²) in [5.41, 5.74) is 2.33. The Morgan fingerprint density at radius 2 is 1.87 bits per heavy atom. The van der Waals surface area contributed by atoms with Gasteiger partial charge in [-0.25, -0.2) is 4.98 Å². The van der Waals surface area contributed by atoms with Crippen LogP contribution < -0.4 is 0 Å². The van der Waals surface area contributed by atoms with Crippen molar-refractivity contribution in [1.29, 1.82) is 0 Å². The molecule has 7 atom stereocenters. The van der Waals surface area contributed by atoms with E-state index >= 15 is 0 Å². The van der Waals surface area contributed by atoms with Crippen LogP contribution in [-0.4, -0.2) is 22.0 Å². The monoisotopic (exact) mass is 499 g/mol. The van der Waals surface area contributed by atoms with Gasteiger partial charge in [0, 0.05) is 32.7 Å². The number of aliphatic hydroxyl groups is 1. The lowest BCUT2D eigenvalue weighted by molar-refractivity contribution is -0.142. The summed E-state index contributed by atoms with van der Waals surface area (Å²) in [6.45, 7) is 4.66. The molecule has 0 saturated heterocycles. The van der Waals surface area contributed by atoms with Crippen LogP contribution in [0.3, 0.4) is 0 Å². The molecule has 6 rings (SSSR count). The molecule has 0 radical (unpaired) electrons. The van der Waals surface area contributed by atoms with Gasteiger partial charge >= 0.3 is 0 Å². The van der Waals surface area contributed by atoms with E-state index in [9.17, 15) is 9.90 Å². The van der Waals surface area contributed by atoms with Crippen molar-refractivity contribution in [3.05, 3.63) is 39.3 Å². The van der Waals surface area contributed by atoms with Gasteiger partial charge in [-0.1, -0.05) is 41.9 Å². The van der Waals surface area contributed by atoms with Gasteiger partial charge in [-0.15, -0.1) is 11.3 Å². The molecule has 3 saturated carbocycles. The van der Waals surface area contributed by atoms with Crippen LogP contribution >= 0.6 is 27.3 Å². The maximum Gasteiger partial charge on any atom is 0.139 e. The lowest BCUT2D eigenvalue weighted by atomic mass is 9.45. The van der Waals surface area contributed by atoms with Crippen molar-refractivity contribution in [2.24, 2.45) is 28.6 Å². The number of aliphatic hydroxyl groups excluding tert-OH is 1. The Balaban J connectivity index is 1.38. The Labute approximate surface area is 196 Å². The number of rotatable bonds is 1. The second-order valence-corrected chi connectivity index (χ2v) is 12.9. The Bertz CT molecular complexity index is 1050. The van der Waals surface area contributed by atoms with Gasteiger partial charge in [0.05, 0.1) is 11.8 Å². The summed E-state index contributed by atoms with van der Waals surface area (Å²) in [4.78, 5) is 19.1. The first kappa shape index (κ1) is 20.6. The Kier molecular flexibility index (Phi) is 4.63. The van der Waals surface area contributed by atoms with E-state index in [4.69, 9.17) is 4.98 Å². The molecule has 0 unspecified atom stereocenters. The van der Waals surface area contributed by atoms with Gasteiger partial charge in [-0.2, -0.15) is 0 Å². The maximum atomic E-state index is 12.7. The summed E-state index contributed by atoms with van der Waals surface area (Å²) in [7, 11) is 0.